The van der Waals surface area contributed by atoms with Crippen molar-refractivity contribution in [1.29, 1.82) is 0 Å². The second-order valence-electron chi connectivity index (χ2n) is 8.03. The van der Waals surface area contributed by atoms with Crippen LogP contribution in [0.2, 0.25) is 0 Å². The van der Waals surface area contributed by atoms with E-state index >= 15 is 0 Å². The number of fused-ring (bicyclic) bond motifs is 2. The van der Waals surface area contributed by atoms with Crippen LogP contribution in [-0.4, -0.2) is 60.7 Å². The molecule has 0 radical (unpaired) electrons. The Balaban J connectivity index is 1.23. The molecule has 1 aromatic carbocycles. The molecule has 5 rings (SSSR count). The molecule has 1 unspecified atom stereocenters. The van der Waals surface area contributed by atoms with Crippen LogP contribution in [-0.2, 0) is 16.6 Å². The maximum atomic E-state index is 12.9. The van der Waals surface area contributed by atoms with E-state index in [0.717, 1.165) is 49.4 Å². The van der Waals surface area contributed by atoms with Gasteiger partial charge in [-0.25, -0.2) is 14.6 Å². The van der Waals surface area contributed by atoms with E-state index in [1.807, 2.05) is 42.3 Å². The maximum absolute atomic E-state index is 12.9. The smallest absolute Gasteiger partial charge is 0.260 e. The number of hydrogen-bond donors (Lipinski definition) is 0. The maximum Gasteiger partial charge on any atom is 0.260 e. The first kappa shape index (κ1) is 18.7. The number of nitrogens with zero attached hydrogens (tertiary/aromatic N) is 7. The molecule has 1 amide bonds. The Hall–Kier alpha value is -3.36. The number of rotatable bonds is 4. The number of amides is 1. The van der Waals surface area contributed by atoms with E-state index in [0.29, 0.717) is 12.3 Å². The lowest BCUT2D eigenvalue weighted by atomic mass is 9.77. The van der Waals surface area contributed by atoms with E-state index in [4.69, 9.17) is 9.72 Å². The van der Waals surface area contributed by atoms with Crippen LogP contribution in [0.5, 0.6) is 5.75 Å². The summed E-state index contributed by atoms with van der Waals surface area (Å²) in [5.41, 5.74) is 3.17. The lowest BCUT2D eigenvalue weighted by Gasteiger charge is -2.40. The summed E-state index contributed by atoms with van der Waals surface area (Å²) in [7, 11) is 0. The number of aryl methyl sites for hydroxylation is 2. The van der Waals surface area contributed by atoms with Crippen molar-refractivity contribution in [2.75, 3.05) is 19.7 Å². The Kier molecular flexibility index (Phi) is 4.65. The molecule has 1 atom stereocenters. The van der Waals surface area contributed by atoms with Crippen LogP contribution >= 0.6 is 0 Å². The fourth-order valence-corrected chi connectivity index (χ4v) is 4.58. The van der Waals surface area contributed by atoms with E-state index in [-0.39, 0.29) is 17.9 Å². The first-order chi connectivity index (χ1) is 14.6. The summed E-state index contributed by atoms with van der Waals surface area (Å²) in [6.07, 6.45) is 7.55. The molecule has 2 aromatic heterocycles. The van der Waals surface area contributed by atoms with Crippen molar-refractivity contribution in [3.8, 4) is 11.4 Å². The van der Waals surface area contributed by atoms with Crippen molar-refractivity contribution in [2.45, 2.75) is 38.0 Å². The topological polar surface area (TPSA) is 98.9 Å². The summed E-state index contributed by atoms with van der Waals surface area (Å²) in [5.74, 6) is 1.45. The van der Waals surface area contributed by atoms with Crippen molar-refractivity contribution in [2.24, 2.45) is 0 Å². The molecule has 0 bridgehead atoms. The Morgan fingerprint density at radius 3 is 2.90 bits per heavy atom. The van der Waals surface area contributed by atoms with Crippen LogP contribution in [0.1, 0.15) is 36.3 Å². The number of carbonyl (C=O) groups is 1. The van der Waals surface area contributed by atoms with Crippen LogP contribution in [0.25, 0.3) is 5.69 Å². The van der Waals surface area contributed by atoms with Gasteiger partial charge in [0.2, 0.25) is 0 Å². The van der Waals surface area contributed by atoms with Gasteiger partial charge in [-0.3, -0.25) is 4.79 Å². The van der Waals surface area contributed by atoms with E-state index in [9.17, 15) is 4.79 Å². The van der Waals surface area contributed by atoms with Gasteiger partial charge < -0.3 is 9.64 Å². The van der Waals surface area contributed by atoms with Gasteiger partial charge in [0.25, 0.3) is 5.91 Å². The third kappa shape index (κ3) is 3.40. The standard InChI is InChI=1S/C21H23N7O2/c1-15-22-11-16-7-9-21(20(16)24-15)8-2-10-27(13-21)19(29)12-30-18-5-3-17(4-6-18)28-14-23-25-26-28/h3-6,11,14H,2,7-10,12-13H2,1H3. The average Bonchev–Trinajstić information content (AvgIpc) is 3.42. The second-order valence-corrected chi connectivity index (χ2v) is 8.03. The summed E-state index contributed by atoms with van der Waals surface area (Å²) in [5, 5.41) is 11.1. The minimum Gasteiger partial charge on any atom is -0.484 e. The molecular formula is C21H23N7O2. The highest BCUT2D eigenvalue weighted by molar-refractivity contribution is 5.78. The Morgan fingerprint density at radius 2 is 2.10 bits per heavy atom. The van der Waals surface area contributed by atoms with E-state index < -0.39 is 0 Å². The molecule has 3 aromatic rings. The van der Waals surface area contributed by atoms with E-state index in [1.54, 1.807) is 4.68 Å². The fourth-order valence-electron chi connectivity index (χ4n) is 4.58. The van der Waals surface area contributed by atoms with Crippen LogP contribution in [0.15, 0.2) is 36.8 Å². The third-order valence-electron chi connectivity index (χ3n) is 6.10. The van der Waals surface area contributed by atoms with Gasteiger partial charge >= 0.3 is 0 Å². The molecule has 1 spiro atoms. The number of ether oxygens (including phenoxy) is 1. The Morgan fingerprint density at radius 1 is 1.23 bits per heavy atom. The Labute approximate surface area is 174 Å². The third-order valence-corrected chi connectivity index (χ3v) is 6.10. The number of piperidine rings is 1. The zero-order chi connectivity index (χ0) is 20.6. The molecule has 1 fully saturated rings. The van der Waals surface area contributed by atoms with Gasteiger partial charge in [0.05, 0.1) is 11.4 Å². The van der Waals surface area contributed by atoms with Crippen LogP contribution < -0.4 is 4.74 Å². The van der Waals surface area contributed by atoms with Crippen LogP contribution in [0.4, 0.5) is 0 Å². The van der Waals surface area contributed by atoms with Crippen molar-refractivity contribution in [1.82, 2.24) is 35.1 Å². The minimum absolute atomic E-state index is 0.0119. The van der Waals surface area contributed by atoms with Gasteiger partial charge in [-0.2, -0.15) is 0 Å². The van der Waals surface area contributed by atoms with Gasteiger partial charge in [0, 0.05) is 24.7 Å². The predicted octanol–water partition coefficient (Wildman–Crippen LogP) is 1.65. The Bertz CT molecular complexity index is 1050. The van der Waals surface area contributed by atoms with Crippen molar-refractivity contribution in [3.05, 3.63) is 53.9 Å². The van der Waals surface area contributed by atoms with Gasteiger partial charge in [-0.05, 0) is 72.9 Å². The molecule has 30 heavy (non-hydrogen) atoms. The molecule has 2 aliphatic rings. The highest BCUT2D eigenvalue weighted by Gasteiger charge is 2.44. The number of benzene rings is 1. The van der Waals surface area contributed by atoms with Crippen molar-refractivity contribution >= 4 is 5.91 Å². The molecule has 1 aliphatic carbocycles. The molecule has 9 nitrogen and oxygen atoms in total. The quantitative estimate of drug-likeness (QED) is 0.651. The number of tetrazole rings is 1. The zero-order valence-electron chi connectivity index (χ0n) is 16.9. The molecular weight excluding hydrogens is 382 g/mol. The largest absolute Gasteiger partial charge is 0.484 e. The van der Waals surface area contributed by atoms with Gasteiger partial charge in [-0.15, -0.1) is 5.10 Å². The monoisotopic (exact) mass is 405 g/mol. The number of hydrogen-bond acceptors (Lipinski definition) is 7. The average molecular weight is 405 g/mol. The van der Waals surface area contributed by atoms with Crippen LogP contribution in [0, 0.1) is 6.92 Å². The molecule has 154 valence electrons. The first-order valence-corrected chi connectivity index (χ1v) is 10.2. The summed E-state index contributed by atoms with van der Waals surface area (Å²) in [6, 6.07) is 7.33. The zero-order valence-corrected chi connectivity index (χ0v) is 16.9. The predicted molar refractivity (Wildman–Crippen MR) is 107 cm³/mol. The molecule has 9 heteroatoms. The minimum atomic E-state index is -0.0373. The van der Waals surface area contributed by atoms with Crippen LogP contribution in [0.3, 0.4) is 0 Å². The summed E-state index contributed by atoms with van der Waals surface area (Å²) >= 11 is 0. The molecule has 3 heterocycles. The lowest BCUT2D eigenvalue weighted by molar-refractivity contribution is -0.135. The normalized spacial score (nSPS) is 20.4. The summed E-state index contributed by atoms with van der Waals surface area (Å²) in [4.78, 5) is 23.9. The molecule has 0 N–H and O–H groups in total. The van der Waals surface area contributed by atoms with Gasteiger partial charge in [-0.1, -0.05) is 0 Å². The van der Waals surface area contributed by atoms with E-state index in [2.05, 4.69) is 20.5 Å². The second kappa shape index (κ2) is 7.47. The highest BCUT2D eigenvalue weighted by atomic mass is 16.5. The SMILES string of the molecule is Cc1ncc2c(n1)C1(CCCN(C(=O)COc3ccc(-n4cnnn4)cc3)C1)CC2. The molecule has 0 saturated carbocycles. The number of likely N-dealkylation sites (tertiary alicyclic amines) is 1. The first-order valence-electron chi connectivity index (χ1n) is 10.2. The van der Waals surface area contributed by atoms with E-state index in [1.165, 1.54) is 11.9 Å². The van der Waals surface area contributed by atoms with Gasteiger partial charge in [0.15, 0.2) is 6.61 Å². The van der Waals surface area contributed by atoms with Gasteiger partial charge in [0.1, 0.15) is 17.9 Å². The highest BCUT2D eigenvalue weighted by Crippen LogP contribution is 2.43. The van der Waals surface area contributed by atoms with Crippen molar-refractivity contribution in [3.63, 3.8) is 0 Å². The number of aromatic nitrogens is 6. The molecule has 1 saturated heterocycles. The summed E-state index contributed by atoms with van der Waals surface area (Å²) in [6.45, 7) is 3.42. The fraction of sp³-hybridized carbons (Fsp3) is 0.429. The molecule has 1 aliphatic heterocycles. The summed E-state index contributed by atoms with van der Waals surface area (Å²) < 4.78 is 7.32. The lowest BCUT2D eigenvalue weighted by Crippen LogP contribution is -2.49. The number of carbonyl (C=O) groups excluding carboxylic acids is 1. The van der Waals surface area contributed by atoms with Crippen molar-refractivity contribution < 1.29 is 9.53 Å².